The highest BCUT2D eigenvalue weighted by molar-refractivity contribution is 5.68. The maximum atomic E-state index is 13.5. The molecule has 1 N–H and O–H groups in total. The molecular formula is C12H15FO3. The van der Waals surface area contributed by atoms with Gasteiger partial charge in [-0.2, -0.15) is 0 Å². The number of hydrogen-bond acceptors (Lipinski definition) is 2. The van der Waals surface area contributed by atoms with E-state index in [4.69, 9.17) is 9.84 Å². The quantitative estimate of drug-likeness (QED) is 0.839. The summed E-state index contributed by atoms with van der Waals surface area (Å²) in [7, 11) is 1.50. The SMILES string of the molecule is CC[C@H](CC(=O)O)c1cc(OC)ccc1F. The van der Waals surface area contributed by atoms with Crippen molar-refractivity contribution in [3.8, 4) is 5.75 Å². The summed E-state index contributed by atoms with van der Waals surface area (Å²) in [6.45, 7) is 1.84. The molecule has 0 saturated carbocycles. The van der Waals surface area contributed by atoms with E-state index >= 15 is 0 Å². The van der Waals surface area contributed by atoms with Gasteiger partial charge >= 0.3 is 5.97 Å². The average molecular weight is 226 g/mol. The van der Waals surface area contributed by atoms with Gasteiger partial charge in [0, 0.05) is 0 Å². The lowest BCUT2D eigenvalue weighted by atomic mass is 9.92. The van der Waals surface area contributed by atoms with E-state index in [1.807, 2.05) is 6.92 Å². The topological polar surface area (TPSA) is 46.5 Å². The molecule has 1 aromatic carbocycles. The lowest BCUT2D eigenvalue weighted by molar-refractivity contribution is -0.137. The first-order valence-electron chi connectivity index (χ1n) is 5.13. The molecule has 0 aliphatic carbocycles. The van der Waals surface area contributed by atoms with Gasteiger partial charge < -0.3 is 9.84 Å². The fourth-order valence-corrected chi connectivity index (χ4v) is 1.65. The molecule has 0 heterocycles. The lowest BCUT2D eigenvalue weighted by Crippen LogP contribution is -2.07. The van der Waals surface area contributed by atoms with Gasteiger partial charge in [-0.15, -0.1) is 0 Å². The van der Waals surface area contributed by atoms with Crippen molar-refractivity contribution in [2.24, 2.45) is 0 Å². The van der Waals surface area contributed by atoms with Crippen molar-refractivity contribution in [2.45, 2.75) is 25.7 Å². The minimum atomic E-state index is -0.922. The number of rotatable bonds is 5. The van der Waals surface area contributed by atoms with Crippen LogP contribution in [0.5, 0.6) is 5.75 Å². The zero-order chi connectivity index (χ0) is 12.1. The second kappa shape index (κ2) is 5.49. The Kier molecular flexibility index (Phi) is 4.28. The highest BCUT2D eigenvalue weighted by atomic mass is 19.1. The molecule has 0 aromatic heterocycles. The number of carbonyl (C=O) groups is 1. The maximum Gasteiger partial charge on any atom is 0.303 e. The number of methoxy groups -OCH3 is 1. The third kappa shape index (κ3) is 2.95. The van der Waals surface area contributed by atoms with Gasteiger partial charge in [-0.1, -0.05) is 6.92 Å². The minimum absolute atomic E-state index is 0.0689. The Labute approximate surface area is 93.9 Å². The van der Waals surface area contributed by atoms with Crippen LogP contribution in [0.15, 0.2) is 18.2 Å². The van der Waals surface area contributed by atoms with E-state index in [2.05, 4.69) is 0 Å². The number of benzene rings is 1. The Morgan fingerprint density at radius 2 is 2.25 bits per heavy atom. The molecule has 1 aromatic rings. The highest BCUT2D eigenvalue weighted by Crippen LogP contribution is 2.28. The van der Waals surface area contributed by atoms with Gasteiger partial charge in [0.1, 0.15) is 11.6 Å². The van der Waals surface area contributed by atoms with Crippen LogP contribution in [-0.2, 0) is 4.79 Å². The van der Waals surface area contributed by atoms with Gasteiger partial charge in [-0.3, -0.25) is 4.79 Å². The summed E-state index contributed by atoms with van der Waals surface area (Å²) in [4.78, 5) is 10.7. The van der Waals surface area contributed by atoms with E-state index in [-0.39, 0.29) is 18.2 Å². The van der Waals surface area contributed by atoms with Crippen LogP contribution in [0, 0.1) is 5.82 Å². The third-order valence-electron chi connectivity index (χ3n) is 2.56. The first kappa shape index (κ1) is 12.5. The normalized spacial score (nSPS) is 12.2. The molecule has 0 unspecified atom stereocenters. The summed E-state index contributed by atoms with van der Waals surface area (Å²) in [5.74, 6) is -1.07. The molecular weight excluding hydrogens is 211 g/mol. The summed E-state index contributed by atoms with van der Waals surface area (Å²) < 4.78 is 18.5. The monoisotopic (exact) mass is 226 g/mol. The van der Waals surface area contributed by atoms with Gasteiger partial charge in [0.05, 0.1) is 13.5 Å². The van der Waals surface area contributed by atoms with Gasteiger partial charge in [0.2, 0.25) is 0 Å². The van der Waals surface area contributed by atoms with E-state index in [1.165, 1.54) is 19.2 Å². The van der Waals surface area contributed by atoms with Crippen LogP contribution in [0.25, 0.3) is 0 Å². The predicted octanol–water partition coefficient (Wildman–Crippen LogP) is 2.80. The number of ether oxygens (including phenoxy) is 1. The van der Waals surface area contributed by atoms with Crippen molar-refractivity contribution in [2.75, 3.05) is 7.11 Å². The largest absolute Gasteiger partial charge is 0.497 e. The van der Waals surface area contributed by atoms with Crippen molar-refractivity contribution in [3.63, 3.8) is 0 Å². The summed E-state index contributed by atoms with van der Waals surface area (Å²) in [5, 5.41) is 8.74. The first-order chi connectivity index (χ1) is 7.58. The van der Waals surface area contributed by atoms with Gasteiger partial charge in [0.25, 0.3) is 0 Å². The summed E-state index contributed by atoms with van der Waals surface area (Å²) >= 11 is 0. The number of hydrogen-bond donors (Lipinski definition) is 1. The molecule has 0 aliphatic heterocycles. The molecule has 0 spiro atoms. The Morgan fingerprint density at radius 1 is 1.56 bits per heavy atom. The number of aliphatic carboxylic acids is 1. The van der Waals surface area contributed by atoms with Crippen LogP contribution in [0.1, 0.15) is 31.2 Å². The van der Waals surface area contributed by atoms with Crippen LogP contribution in [-0.4, -0.2) is 18.2 Å². The standard InChI is InChI=1S/C12H15FO3/c1-3-8(6-12(14)15)10-7-9(16-2)4-5-11(10)13/h4-5,7-8H,3,6H2,1-2H3,(H,14,15)/t8-/m1/s1. The fourth-order valence-electron chi connectivity index (χ4n) is 1.65. The smallest absolute Gasteiger partial charge is 0.303 e. The van der Waals surface area contributed by atoms with Gasteiger partial charge in [0.15, 0.2) is 0 Å². The maximum absolute atomic E-state index is 13.5. The van der Waals surface area contributed by atoms with Crippen molar-refractivity contribution in [1.29, 1.82) is 0 Å². The zero-order valence-corrected chi connectivity index (χ0v) is 9.37. The Morgan fingerprint density at radius 3 is 2.75 bits per heavy atom. The van der Waals surface area contributed by atoms with E-state index in [1.54, 1.807) is 6.07 Å². The molecule has 0 saturated heterocycles. The van der Waals surface area contributed by atoms with Crippen LogP contribution < -0.4 is 4.74 Å². The fraction of sp³-hybridized carbons (Fsp3) is 0.417. The second-order valence-electron chi connectivity index (χ2n) is 3.59. The van der Waals surface area contributed by atoms with E-state index in [0.717, 1.165) is 0 Å². The van der Waals surface area contributed by atoms with Crippen LogP contribution in [0.4, 0.5) is 4.39 Å². The predicted molar refractivity (Wildman–Crippen MR) is 58.2 cm³/mol. The zero-order valence-electron chi connectivity index (χ0n) is 9.37. The first-order valence-corrected chi connectivity index (χ1v) is 5.13. The van der Waals surface area contributed by atoms with Gasteiger partial charge in [-0.25, -0.2) is 4.39 Å². The van der Waals surface area contributed by atoms with E-state index in [9.17, 15) is 9.18 Å². The molecule has 0 aliphatic rings. The molecule has 0 radical (unpaired) electrons. The molecule has 0 fully saturated rings. The molecule has 88 valence electrons. The minimum Gasteiger partial charge on any atom is -0.497 e. The van der Waals surface area contributed by atoms with Gasteiger partial charge in [-0.05, 0) is 36.1 Å². The molecule has 4 heteroatoms. The number of carboxylic acid groups (broad SMARTS) is 1. The molecule has 0 amide bonds. The molecule has 0 bridgehead atoms. The molecule has 16 heavy (non-hydrogen) atoms. The third-order valence-corrected chi connectivity index (χ3v) is 2.56. The van der Waals surface area contributed by atoms with E-state index < -0.39 is 5.97 Å². The van der Waals surface area contributed by atoms with Crippen molar-refractivity contribution in [3.05, 3.63) is 29.6 Å². The Hall–Kier alpha value is -1.58. The van der Waals surface area contributed by atoms with Crippen molar-refractivity contribution >= 4 is 5.97 Å². The number of halogens is 1. The van der Waals surface area contributed by atoms with Crippen LogP contribution in [0.2, 0.25) is 0 Å². The second-order valence-corrected chi connectivity index (χ2v) is 3.59. The Balaban J connectivity index is 3.02. The van der Waals surface area contributed by atoms with Crippen molar-refractivity contribution < 1.29 is 19.0 Å². The van der Waals surface area contributed by atoms with Crippen molar-refractivity contribution in [1.82, 2.24) is 0 Å². The highest BCUT2D eigenvalue weighted by Gasteiger charge is 2.18. The Bertz CT molecular complexity index is 377. The van der Waals surface area contributed by atoms with Crippen LogP contribution in [0.3, 0.4) is 0 Å². The average Bonchev–Trinajstić information content (AvgIpc) is 2.26. The summed E-state index contributed by atoms with van der Waals surface area (Å²) in [6, 6.07) is 4.39. The van der Waals surface area contributed by atoms with E-state index in [0.29, 0.717) is 17.7 Å². The number of carboxylic acids is 1. The van der Waals surface area contributed by atoms with Crippen LogP contribution >= 0.6 is 0 Å². The molecule has 1 rings (SSSR count). The molecule has 3 nitrogen and oxygen atoms in total. The lowest BCUT2D eigenvalue weighted by Gasteiger charge is -2.14. The molecule has 1 atom stereocenters. The summed E-state index contributed by atoms with van der Waals surface area (Å²) in [5.41, 5.74) is 0.407. The summed E-state index contributed by atoms with van der Waals surface area (Å²) in [6.07, 6.45) is 0.511.